The Morgan fingerprint density at radius 2 is 1.69 bits per heavy atom. The molecule has 1 aliphatic heterocycles. The summed E-state index contributed by atoms with van der Waals surface area (Å²) < 4.78 is 5.37. The van der Waals surface area contributed by atoms with Gasteiger partial charge in [-0.25, -0.2) is 4.98 Å². The SMILES string of the molecule is CC.CC#C/C(Cl)=C\C/C=C\C(C)Cl.CC(=O)C=O.CCCCN.CNC1CC1.CO[C@@H]1CC(C=O)N(C(=O)[C@@H](NC(=O)C(NC(=O)c2cnccn2)C2CCCCC2)C(C)(C)C)C1. The van der Waals surface area contributed by atoms with Gasteiger partial charge in [0.2, 0.25) is 11.8 Å². The number of nitrogens with two attached hydrogens (primary N) is 1. The number of alkyl halides is 1. The molecular weight excluding hydrogens is 857 g/mol. The summed E-state index contributed by atoms with van der Waals surface area (Å²) in [6, 6.07) is -1.41. The fraction of sp³-hybridized carbons (Fsp3) is 0.667. The molecule has 0 bridgehead atoms. The summed E-state index contributed by atoms with van der Waals surface area (Å²) in [5.41, 5.74) is 4.64. The van der Waals surface area contributed by atoms with Gasteiger partial charge >= 0.3 is 0 Å². The van der Waals surface area contributed by atoms with E-state index in [-0.39, 0.29) is 41.8 Å². The first-order valence-electron chi connectivity index (χ1n) is 22.5. The van der Waals surface area contributed by atoms with Crippen LogP contribution in [0.1, 0.15) is 143 Å². The number of Topliss-reactive ketones (excluding diaryl/α,β-unsaturated/α-hetero) is 1. The molecule has 0 aromatic carbocycles. The summed E-state index contributed by atoms with van der Waals surface area (Å²) >= 11 is 11.4. The Bertz CT molecular complexity index is 1600. The van der Waals surface area contributed by atoms with Crippen molar-refractivity contribution in [1.82, 2.24) is 30.8 Å². The van der Waals surface area contributed by atoms with E-state index in [0.717, 1.165) is 57.4 Å². The van der Waals surface area contributed by atoms with Crippen molar-refractivity contribution in [1.29, 1.82) is 0 Å². The van der Waals surface area contributed by atoms with Gasteiger partial charge < -0.3 is 36.1 Å². The Balaban J connectivity index is 0. The van der Waals surface area contributed by atoms with Gasteiger partial charge in [0.05, 0.1) is 23.4 Å². The number of halogens is 2. The second-order valence-corrected chi connectivity index (χ2v) is 17.3. The van der Waals surface area contributed by atoms with Crippen molar-refractivity contribution in [2.45, 2.75) is 169 Å². The Morgan fingerprint density at radius 1 is 1.06 bits per heavy atom. The molecule has 3 unspecified atom stereocenters. The van der Waals surface area contributed by atoms with E-state index in [4.69, 9.17) is 38.5 Å². The van der Waals surface area contributed by atoms with Gasteiger partial charge in [-0.15, -0.1) is 17.5 Å². The van der Waals surface area contributed by atoms with Gasteiger partial charge in [-0.1, -0.05) is 103 Å². The standard InChI is InChI=1S/C25H37N5O5.C10H12Cl2.C4H9N.C4H11N.C3H4O2.C2H6/c1-25(2,3)21(24(34)30-14-18(35-4)12-17(30)15-31)29-23(33)20(16-8-6-5-7-9-16)28-22(32)19-13-26-10-11-27-19;1-3-6-10(12)8-5-4-7-9(2)11;1-5-4-2-3-4;1-2-3-4-5;1-3(5)2-4;1-2/h10-11,13,15-18,20-21H,5-9,12,14H2,1-4H3,(H,28,32)(H,29,33);4,7-9H,5H2,1-2H3;4-5H,2-3H2,1H3;2-5H2,1H3;2H,1H3;1-2H3/b;7-4-,10-8+;;;;/t17?,18-,20?,21-;;;;;/m1...../s1. The molecule has 2 saturated carbocycles. The van der Waals surface area contributed by atoms with E-state index < -0.39 is 41.1 Å². The van der Waals surface area contributed by atoms with Gasteiger partial charge in [0.25, 0.3) is 5.91 Å². The molecule has 2 aliphatic carbocycles. The van der Waals surface area contributed by atoms with Crippen LogP contribution in [0.5, 0.6) is 0 Å². The number of nitrogens with one attached hydrogen (secondary N) is 3. The number of ether oxygens (including phenoxy) is 1. The van der Waals surface area contributed by atoms with Crippen LogP contribution in [-0.2, 0) is 28.7 Å². The van der Waals surface area contributed by atoms with Crippen molar-refractivity contribution >= 4 is 59.3 Å². The van der Waals surface area contributed by atoms with Crippen molar-refractivity contribution in [3.05, 3.63) is 47.5 Å². The number of amides is 3. The number of unbranched alkanes of at least 4 members (excludes halogenated alkanes) is 1. The summed E-state index contributed by atoms with van der Waals surface area (Å²) in [6.07, 6.45) is 21.8. The van der Waals surface area contributed by atoms with Gasteiger partial charge in [-0.2, -0.15) is 0 Å². The van der Waals surface area contributed by atoms with Crippen LogP contribution >= 0.6 is 23.2 Å². The smallest absolute Gasteiger partial charge is 0.272 e. The Hall–Kier alpha value is -4.00. The molecule has 64 heavy (non-hydrogen) atoms. The molecule has 0 spiro atoms. The van der Waals surface area contributed by atoms with E-state index in [2.05, 4.69) is 44.7 Å². The molecule has 1 aromatic rings. The molecule has 16 heteroatoms. The van der Waals surface area contributed by atoms with Gasteiger partial charge in [-0.05, 0) is 77.3 Å². The molecule has 3 aliphatic rings. The average Bonchev–Trinajstić information content (AvgIpc) is 4.04. The topological polar surface area (TPSA) is 203 Å². The third-order valence-electron chi connectivity index (χ3n) is 9.75. The van der Waals surface area contributed by atoms with Gasteiger partial charge in [0.1, 0.15) is 24.1 Å². The number of rotatable bonds is 15. The van der Waals surface area contributed by atoms with Crippen molar-refractivity contribution in [2.24, 2.45) is 17.1 Å². The molecule has 2 heterocycles. The highest BCUT2D eigenvalue weighted by Gasteiger charge is 2.44. The van der Waals surface area contributed by atoms with Gasteiger partial charge in [-0.3, -0.25) is 29.0 Å². The summed E-state index contributed by atoms with van der Waals surface area (Å²) in [5, 5.41) is 9.58. The maximum atomic E-state index is 13.6. The van der Waals surface area contributed by atoms with Crippen LogP contribution in [0.4, 0.5) is 0 Å². The largest absolute Gasteiger partial charge is 0.380 e. The molecule has 362 valence electrons. The van der Waals surface area contributed by atoms with Crippen LogP contribution in [-0.4, -0.2) is 114 Å². The van der Waals surface area contributed by atoms with E-state index in [1.165, 1.54) is 56.1 Å². The molecule has 1 aromatic heterocycles. The van der Waals surface area contributed by atoms with Crippen molar-refractivity contribution in [3.8, 4) is 11.8 Å². The first kappa shape index (κ1) is 62.1. The summed E-state index contributed by atoms with van der Waals surface area (Å²) in [7, 11) is 3.57. The third-order valence-corrected chi connectivity index (χ3v) is 10.1. The lowest BCUT2D eigenvalue weighted by molar-refractivity contribution is -0.142. The monoisotopic (exact) mass is 936 g/mol. The minimum Gasteiger partial charge on any atom is -0.380 e. The number of aromatic nitrogens is 2. The normalized spacial score (nSPS) is 18.2. The number of carbonyl (C=O) groups is 6. The van der Waals surface area contributed by atoms with Crippen molar-refractivity contribution in [3.63, 3.8) is 0 Å². The highest BCUT2D eigenvalue weighted by Crippen LogP contribution is 2.29. The number of likely N-dealkylation sites (tertiary alicyclic amines) is 1. The van der Waals surface area contributed by atoms with E-state index in [1.807, 2.05) is 66.8 Å². The van der Waals surface area contributed by atoms with Crippen molar-refractivity contribution < 1.29 is 33.5 Å². The van der Waals surface area contributed by atoms with Crippen LogP contribution in [0.2, 0.25) is 0 Å². The molecule has 3 fully saturated rings. The van der Waals surface area contributed by atoms with Crippen LogP contribution in [0.15, 0.2) is 41.9 Å². The fourth-order valence-corrected chi connectivity index (χ4v) is 6.39. The highest BCUT2D eigenvalue weighted by atomic mass is 35.5. The van der Waals surface area contributed by atoms with E-state index >= 15 is 0 Å². The fourth-order valence-electron chi connectivity index (χ4n) is 6.11. The molecule has 3 amide bonds. The number of carbonyl (C=O) groups excluding carboxylic acids is 6. The first-order valence-corrected chi connectivity index (χ1v) is 23.3. The zero-order valence-corrected chi connectivity index (χ0v) is 41.9. The molecule has 5 N–H and O–H groups in total. The molecule has 5 atom stereocenters. The number of ketones is 1. The van der Waals surface area contributed by atoms with E-state index in [9.17, 15) is 24.0 Å². The van der Waals surface area contributed by atoms with Gasteiger partial charge in [0, 0.05) is 50.8 Å². The van der Waals surface area contributed by atoms with Crippen molar-refractivity contribution in [2.75, 3.05) is 27.2 Å². The predicted molar refractivity (Wildman–Crippen MR) is 259 cm³/mol. The summed E-state index contributed by atoms with van der Waals surface area (Å²) in [5.74, 6) is 3.77. The van der Waals surface area contributed by atoms with Crippen LogP contribution in [0.3, 0.4) is 0 Å². The number of methoxy groups -OCH3 is 1. The summed E-state index contributed by atoms with van der Waals surface area (Å²) in [4.78, 5) is 79.8. The lowest BCUT2D eigenvalue weighted by atomic mass is 9.82. The van der Waals surface area contributed by atoms with Gasteiger partial charge in [0.15, 0.2) is 12.1 Å². The molecule has 14 nitrogen and oxygen atoms in total. The number of hydrogen-bond donors (Lipinski definition) is 4. The molecule has 4 rings (SSSR count). The second-order valence-electron chi connectivity index (χ2n) is 16.2. The predicted octanol–water partition coefficient (Wildman–Crippen LogP) is 7.12. The molecule has 0 radical (unpaired) electrons. The lowest BCUT2D eigenvalue weighted by Crippen LogP contribution is -2.60. The van der Waals surface area contributed by atoms with E-state index in [0.29, 0.717) is 11.5 Å². The Labute approximate surface area is 394 Å². The van der Waals surface area contributed by atoms with Crippen LogP contribution < -0.4 is 21.7 Å². The Kier molecular flexibility index (Phi) is 36.1. The summed E-state index contributed by atoms with van der Waals surface area (Å²) in [6.45, 7) is 17.7. The maximum Gasteiger partial charge on any atom is 0.272 e. The number of nitrogens with zero attached hydrogens (tertiary/aromatic N) is 3. The van der Waals surface area contributed by atoms with E-state index in [1.54, 1.807) is 14.0 Å². The number of hydrogen-bond acceptors (Lipinski definition) is 11. The lowest BCUT2D eigenvalue weighted by Gasteiger charge is -2.37. The minimum absolute atomic E-state index is 0.0486. The quantitative estimate of drug-likeness (QED) is 0.0459. The maximum absolute atomic E-state index is 13.6. The molecule has 1 saturated heterocycles. The van der Waals surface area contributed by atoms with Crippen LogP contribution in [0.25, 0.3) is 0 Å². The third kappa shape index (κ3) is 28.7. The highest BCUT2D eigenvalue weighted by molar-refractivity contribution is 6.32. The Morgan fingerprint density at radius 3 is 2.09 bits per heavy atom. The number of allylic oxidation sites excluding steroid dienone is 4. The minimum atomic E-state index is -0.882. The number of aldehydes is 2. The van der Waals surface area contributed by atoms with Crippen LogP contribution in [0, 0.1) is 23.2 Å². The molecular formula is C48H79Cl2N7O7. The zero-order chi connectivity index (χ0) is 49.1. The second kappa shape index (κ2) is 37.2. The zero-order valence-electron chi connectivity index (χ0n) is 40.4. The first-order chi connectivity index (χ1) is 30.4. The average molecular weight is 937 g/mol.